The molecular formula is C17H31N3O. The Kier molecular flexibility index (Phi) is 7.12. The number of anilines is 1. The fraction of sp³-hybridized carbons (Fsp3) is 0.706. The zero-order valence-electron chi connectivity index (χ0n) is 14.4. The minimum absolute atomic E-state index is 0.103. The maximum Gasteiger partial charge on any atom is 0.0637 e. The second-order valence-corrected chi connectivity index (χ2v) is 6.94. The van der Waals surface area contributed by atoms with Gasteiger partial charge in [0.1, 0.15) is 0 Å². The van der Waals surface area contributed by atoms with Gasteiger partial charge in [0.25, 0.3) is 0 Å². The molecule has 0 saturated heterocycles. The Hall–Kier alpha value is -1.13. The molecule has 4 heteroatoms. The molecule has 1 N–H and O–H groups in total. The van der Waals surface area contributed by atoms with E-state index < -0.39 is 0 Å². The molecule has 0 spiro atoms. The highest BCUT2D eigenvalue weighted by atomic mass is 16.5. The molecule has 120 valence electrons. The number of nitrogens with one attached hydrogen (secondary N) is 1. The molecular weight excluding hydrogens is 262 g/mol. The molecule has 0 unspecified atom stereocenters. The summed E-state index contributed by atoms with van der Waals surface area (Å²) >= 11 is 0. The van der Waals surface area contributed by atoms with Crippen molar-refractivity contribution in [1.29, 1.82) is 0 Å². The summed E-state index contributed by atoms with van der Waals surface area (Å²) in [6.07, 6.45) is 1.90. The molecule has 0 amide bonds. The van der Waals surface area contributed by atoms with Gasteiger partial charge in [-0.15, -0.1) is 0 Å². The van der Waals surface area contributed by atoms with E-state index in [9.17, 15) is 0 Å². The molecule has 0 aliphatic heterocycles. The number of nitrogens with zero attached hydrogens (tertiary/aromatic N) is 2. The van der Waals surface area contributed by atoms with Crippen LogP contribution < -0.4 is 10.2 Å². The smallest absolute Gasteiger partial charge is 0.0637 e. The maximum absolute atomic E-state index is 5.23. The van der Waals surface area contributed by atoms with Crippen LogP contribution in [0.2, 0.25) is 0 Å². The summed E-state index contributed by atoms with van der Waals surface area (Å²) in [5.41, 5.74) is 2.40. The van der Waals surface area contributed by atoms with Crippen LogP contribution in [-0.4, -0.2) is 37.3 Å². The molecule has 0 fully saturated rings. The first kappa shape index (κ1) is 17.9. The van der Waals surface area contributed by atoms with Crippen LogP contribution in [0.1, 0.15) is 40.3 Å². The Bertz CT molecular complexity index is 413. The van der Waals surface area contributed by atoms with Gasteiger partial charge in [-0.1, -0.05) is 13.8 Å². The minimum atomic E-state index is 0.103. The van der Waals surface area contributed by atoms with Gasteiger partial charge in [0.05, 0.1) is 12.3 Å². The Morgan fingerprint density at radius 1 is 1.33 bits per heavy atom. The Labute approximate surface area is 129 Å². The zero-order chi connectivity index (χ0) is 15.9. The first-order valence-corrected chi connectivity index (χ1v) is 7.75. The average molecular weight is 293 g/mol. The summed E-state index contributed by atoms with van der Waals surface area (Å²) in [5.74, 6) is 0.617. The lowest BCUT2D eigenvalue weighted by atomic mass is 10.1. The highest BCUT2D eigenvalue weighted by molar-refractivity contribution is 5.46. The van der Waals surface area contributed by atoms with Crippen LogP contribution in [0.3, 0.4) is 0 Å². The van der Waals surface area contributed by atoms with E-state index in [2.05, 4.69) is 62.0 Å². The van der Waals surface area contributed by atoms with E-state index >= 15 is 0 Å². The van der Waals surface area contributed by atoms with E-state index in [4.69, 9.17) is 4.74 Å². The van der Waals surface area contributed by atoms with Gasteiger partial charge in [-0.25, -0.2) is 0 Å². The molecule has 0 aliphatic rings. The molecule has 0 aromatic carbocycles. The van der Waals surface area contributed by atoms with Crippen molar-refractivity contribution in [3.63, 3.8) is 0 Å². The zero-order valence-corrected chi connectivity index (χ0v) is 14.4. The molecule has 1 heterocycles. The number of hydrogen-bond acceptors (Lipinski definition) is 4. The van der Waals surface area contributed by atoms with Gasteiger partial charge in [-0.3, -0.25) is 4.98 Å². The molecule has 0 aliphatic carbocycles. The quantitative estimate of drug-likeness (QED) is 0.799. The van der Waals surface area contributed by atoms with Crippen LogP contribution in [0.25, 0.3) is 0 Å². The van der Waals surface area contributed by atoms with E-state index in [1.54, 1.807) is 7.11 Å². The van der Waals surface area contributed by atoms with Gasteiger partial charge < -0.3 is 15.0 Å². The predicted octanol–water partition coefficient (Wildman–Crippen LogP) is 3.08. The van der Waals surface area contributed by atoms with Crippen molar-refractivity contribution in [2.24, 2.45) is 5.92 Å². The lowest BCUT2D eigenvalue weighted by molar-refractivity contribution is 0.204. The van der Waals surface area contributed by atoms with Gasteiger partial charge in [-0.05, 0) is 38.8 Å². The standard InChI is InChI=1S/C17H31N3O/c1-14(2)13-20(9-10-21-6)16-7-8-18-15(11-16)12-19-17(3,4)5/h7-8,11,14,19H,9-10,12-13H2,1-6H3. The van der Waals surface area contributed by atoms with Gasteiger partial charge in [0.15, 0.2) is 0 Å². The lowest BCUT2D eigenvalue weighted by Crippen LogP contribution is -2.35. The van der Waals surface area contributed by atoms with E-state index in [0.717, 1.165) is 31.9 Å². The van der Waals surface area contributed by atoms with Crippen LogP contribution >= 0.6 is 0 Å². The molecule has 1 rings (SSSR count). The Morgan fingerprint density at radius 2 is 2.05 bits per heavy atom. The minimum Gasteiger partial charge on any atom is -0.383 e. The van der Waals surface area contributed by atoms with E-state index in [1.165, 1.54) is 5.69 Å². The van der Waals surface area contributed by atoms with E-state index in [-0.39, 0.29) is 5.54 Å². The molecule has 21 heavy (non-hydrogen) atoms. The molecule has 0 bridgehead atoms. The van der Waals surface area contributed by atoms with Crippen LogP contribution in [-0.2, 0) is 11.3 Å². The highest BCUT2D eigenvalue weighted by Gasteiger charge is 2.12. The number of hydrogen-bond donors (Lipinski definition) is 1. The normalized spacial score (nSPS) is 12.0. The monoisotopic (exact) mass is 293 g/mol. The summed E-state index contributed by atoms with van der Waals surface area (Å²) in [6, 6.07) is 4.26. The molecule has 1 aromatic heterocycles. The average Bonchev–Trinajstić information content (AvgIpc) is 2.40. The summed E-state index contributed by atoms with van der Waals surface area (Å²) in [5, 5.41) is 3.48. The number of aromatic nitrogens is 1. The van der Waals surface area contributed by atoms with Crippen molar-refractivity contribution in [2.45, 2.75) is 46.7 Å². The van der Waals surface area contributed by atoms with Crippen LogP contribution in [0, 0.1) is 5.92 Å². The fourth-order valence-corrected chi connectivity index (χ4v) is 2.08. The van der Waals surface area contributed by atoms with Gasteiger partial charge in [-0.2, -0.15) is 0 Å². The number of methoxy groups -OCH3 is 1. The molecule has 0 atom stereocenters. The van der Waals surface area contributed by atoms with Gasteiger partial charge in [0.2, 0.25) is 0 Å². The van der Waals surface area contributed by atoms with Crippen molar-refractivity contribution >= 4 is 5.69 Å². The summed E-state index contributed by atoms with van der Waals surface area (Å²) < 4.78 is 5.23. The lowest BCUT2D eigenvalue weighted by Gasteiger charge is -2.27. The molecule has 0 saturated carbocycles. The Balaban J connectivity index is 2.78. The van der Waals surface area contributed by atoms with Crippen molar-refractivity contribution in [3.05, 3.63) is 24.0 Å². The topological polar surface area (TPSA) is 37.4 Å². The number of ether oxygens (including phenoxy) is 1. The fourth-order valence-electron chi connectivity index (χ4n) is 2.08. The largest absolute Gasteiger partial charge is 0.383 e. The summed E-state index contributed by atoms with van der Waals surface area (Å²) in [4.78, 5) is 6.84. The van der Waals surface area contributed by atoms with E-state index in [0.29, 0.717) is 5.92 Å². The molecule has 4 nitrogen and oxygen atoms in total. The maximum atomic E-state index is 5.23. The Morgan fingerprint density at radius 3 is 2.62 bits per heavy atom. The summed E-state index contributed by atoms with van der Waals surface area (Å²) in [6.45, 7) is 14.4. The predicted molar refractivity (Wildman–Crippen MR) is 89.8 cm³/mol. The van der Waals surface area contributed by atoms with Crippen LogP contribution in [0.4, 0.5) is 5.69 Å². The van der Waals surface area contributed by atoms with Crippen molar-refractivity contribution in [1.82, 2.24) is 10.3 Å². The SMILES string of the molecule is COCCN(CC(C)C)c1ccnc(CNC(C)(C)C)c1. The number of rotatable bonds is 8. The highest BCUT2D eigenvalue weighted by Crippen LogP contribution is 2.16. The third kappa shape index (κ3) is 7.44. The number of pyridine rings is 1. The molecule has 1 aromatic rings. The summed E-state index contributed by atoms with van der Waals surface area (Å²) in [7, 11) is 1.75. The van der Waals surface area contributed by atoms with Crippen LogP contribution in [0.15, 0.2) is 18.3 Å². The van der Waals surface area contributed by atoms with Gasteiger partial charge in [0, 0.05) is 44.2 Å². The second kappa shape index (κ2) is 8.35. The first-order valence-electron chi connectivity index (χ1n) is 7.75. The third-order valence-corrected chi connectivity index (χ3v) is 3.12. The van der Waals surface area contributed by atoms with Crippen molar-refractivity contribution in [2.75, 3.05) is 31.7 Å². The van der Waals surface area contributed by atoms with Crippen molar-refractivity contribution < 1.29 is 4.74 Å². The third-order valence-electron chi connectivity index (χ3n) is 3.12. The van der Waals surface area contributed by atoms with E-state index in [1.807, 2.05) is 6.20 Å². The first-order chi connectivity index (χ1) is 9.81. The van der Waals surface area contributed by atoms with Gasteiger partial charge >= 0.3 is 0 Å². The molecule has 0 radical (unpaired) electrons. The second-order valence-electron chi connectivity index (χ2n) is 6.94. The van der Waals surface area contributed by atoms with Crippen molar-refractivity contribution in [3.8, 4) is 0 Å². The van der Waals surface area contributed by atoms with Crippen LogP contribution in [0.5, 0.6) is 0 Å².